The van der Waals surface area contributed by atoms with E-state index in [0.717, 1.165) is 17.7 Å². The number of carbonyl (C=O) groups excluding carboxylic acids is 1. The normalized spacial score (nSPS) is 10.8. The highest BCUT2D eigenvalue weighted by molar-refractivity contribution is 7.99. The highest BCUT2D eigenvalue weighted by Crippen LogP contribution is 2.13. The summed E-state index contributed by atoms with van der Waals surface area (Å²) in [6.07, 6.45) is 2.75. The summed E-state index contributed by atoms with van der Waals surface area (Å²) in [6.45, 7) is 4.03. The van der Waals surface area contributed by atoms with E-state index in [1.807, 2.05) is 43.3 Å². The fourth-order valence-electron chi connectivity index (χ4n) is 2.60. The van der Waals surface area contributed by atoms with Crippen molar-refractivity contribution in [1.29, 1.82) is 0 Å². The topological polar surface area (TPSA) is 63.5 Å². The maximum atomic E-state index is 12.2. The maximum Gasteiger partial charge on any atom is 0.258 e. The third-order valence-corrected chi connectivity index (χ3v) is 4.96. The zero-order valence-corrected chi connectivity index (χ0v) is 15.7. The monoisotopic (exact) mass is 367 g/mol. The van der Waals surface area contributed by atoms with Crippen molar-refractivity contribution in [1.82, 2.24) is 9.38 Å². The summed E-state index contributed by atoms with van der Waals surface area (Å²) in [7, 11) is 0. The Bertz CT molecular complexity index is 981. The first-order valence-electron chi connectivity index (χ1n) is 8.50. The molecule has 3 aromatic rings. The van der Waals surface area contributed by atoms with Crippen molar-refractivity contribution in [3.8, 4) is 0 Å². The van der Waals surface area contributed by atoms with Crippen LogP contribution in [0, 0.1) is 6.92 Å². The molecule has 2 aromatic heterocycles. The van der Waals surface area contributed by atoms with E-state index in [4.69, 9.17) is 0 Å². The van der Waals surface area contributed by atoms with Crippen LogP contribution in [0.25, 0.3) is 5.65 Å². The number of hydrogen-bond acceptors (Lipinski definition) is 4. The van der Waals surface area contributed by atoms with E-state index in [2.05, 4.69) is 17.2 Å². The first kappa shape index (κ1) is 18.2. The number of pyridine rings is 1. The molecule has 1 aromatic carbocycles. The molecule has 0 atom stereocenters. The van der Waals surface area contributed by atoms with E-state index < -0.39 is 0 Å². The molecule has 0 saturated heterocycles. The van der Waals surface area contributed by atoms with Gasteiger partial charge in [0, 0.05) is 23.7 Å². The summed E-state index contributed by atoms with van der Waals surface area (Å²) in [5.74, 6) is 0.763. The minimum atomic E-state index is -0.102. The van der Waals surface area contributed by atoms with Crippen LogP contribution in [0.5, 0.6) is 0 Å². The molecule has 5 nitrogen and oxygen atoms in total. The van der Waals surface area contributed by atoms with Crippen molar-refractivity contribution in [3.63, 3.8) is 0 Å². The van der Waals surface area contributed by atoms with Crippen molar-refractivity contribution in [2.75, 3.05) is 11.1 Å². The van der Waals surface area contributed by atoms with Gasteiger partial charge in [-0.3, -0.25) is 14.0 Å². The molecule has 0 aliphatic heterocycles. The van der Waals surface area contributed by atoms with E-state index in [-0.39, 0.29) is 11.5 Å². The molecule has 0 spiro atoms. The number of fused-ring (bicyclic) bond motifs is 1. The molecule has 0 aliphatic rings. The van der Waals surface area contributed by atoms with Crippen LogP contribution in [0.3, 0.4) is 0 Å². The summed E-state index contributed by atoms with van der Waals surface area (Å²) < 4.78 is 1.54. The van der Waals surface area contributed by atoms with Crippen molar-refractivity contribution < 1.29 is 4.79 Å². The minimum Gasteiger partial charge on any atom is -0.325 e. The SMILES string of the molecule is CCc1ccc(NC(=O)CSCc2cc(=O)n3cc(C)ccc3n2)cc1. The molecule has 3 rings (SSSR count). The van der Waals surface area contributed by atoms with Gasteiger partial charge in [0.05, 0.1) is 11.4 Å². The lowest BCUT2D eigenvalue weighted by atomic mass is 10.1. The molecule has 0 bridgehead atoms. The van der Waals surface area contributed by atoms with Gasteiger partial charge in [-0.25, -0.2) is 4.98 Å². The van der Waals surface area contributed by atoms with Gasteiger partial charge in [0.1, 0.15) is 5.65 Å². The average Bonchev–Trinajstić information content (AvgIpc) is 2.63. The number of amides is 1. The van der Waals surface area contributed by atoms with E-state index in [0.29, 0.717) is 22.8 Å². The smallest absolute Gasteiger partial charge is 0.258 e. The largest absolute Gasteiger partial charge is 0.325 e. The van der Waals surface area contributed by atoms with E-state index in [1.165, 1.54) is 27.8 Å². The Morgan fingerprint density at radius 3 is 2.69 bits per heavy atom. The summed E-state index contributed by atoms with van der Waals surface area (Å²) in [5, 5.41) is 2.88. The summed E-state index contributed by atoms with van der Waals surface area (Å²) in [5.41, 5.74) is 4.25. The van der Waals surface area contributed by atoms with E-state index in [1.54, 1.807) is 6.20 Å². The van der Waals surface area contributed by atoms with Gasteiger partial charge in [-0.2, -0.15) is 0 Å². The van der Waals surface area contributed by atoms with Crippen LogP contribution in [0.15, 0.2) is 53.5 Å². The van der Waals surface area contributed by atoms with Gasteiger partial charge >= 0.3 is 0 Å². The third-order valence-electron chi connectivity index (χ3n) is 3.99. The summed E-state index contributed by atoms with van der Waals surface area (Å²) >= 11 is 1.44. The van der Waals surface area contributed by atoms with Gasteiger partial charge in [0.2, 0.25) is 5.91 Å². The summed E-state index contributed by atoms with van der Waals surface area (Å²) in [4.78, 5) is 28.7. The maximum absolute atomic E-state index is 12.2. The predicted octanol–water partition coefficient (Wildman–Crippen LogP) is 3.44. The number of rotatable bonds is 6. The van der Waals surface area contributed by atoms with Crippen LogP contribution in [0.4, 0.5) is 5.69 Å². The molecule has 0 radical (unpaired) electrons. The van der Waals surface area contributed by atoms with Crippen LogP contribution >= 0.6 is 11.8 Å². The molecule has 6 heteroatoms. The average molecular weight is 367 g/mol. The number of benzene rings is 1. The Morgan fingerprint density at radius 1 is 1.19 bits per heavy atom. The number of thioether (sulfide) groups is 1. The third kappa shape index (κ3) is 4.52. The number of aromatic nitrogens is 2. The van der Waals surface area contributed by atoms with E-state index >= 15 is 0 Å². The second-order valence-electron chi connectivity index (χ2n) is 6.11. The number of hydrogen-bond donors (Lipinski definition) is 1. The van der Waals surface area contributed by atoms with Crippen LogP contribution in [-0.4, -0.2) is 21.0 Å². The van der Waals surface area contributed by atoms with Gasteiger partial charge in [0.25, 0.3) is 5.56 Å². The highest BCUT2D eigenvalue weighted by atomic mass is 32.2. The van der Waals surface area contributed by atoms with Gasteiger partial charge < -0.3 is 5.32 Å². The van der Waals surface area contributed by atoms with Crippen LogP contribution in [0.1, 0.15) is 23.7 Å². The van der Waals surface area contributed by atoms with Crippen molar-refractivity contribution in [2.24, 2.45) is 0 Å². The zero-order chi connectivity index (χ0) is 18.5. The fourth-order valence-corrected chi connectivity index (χ4v) is 3.32. The minimum absolute atomic E-state index is 0.0626. The molecule has 134 valence electrons. The number of anilines is 1. The van der Waals surface area contributed by atoms with Crippen molar-refractivity contribution >= 4 is 29.0 Å². The Balaban J connectivity index is 1.57. The van der Waals surface area contributed by atoms with Crippen LogP contribution in [0.2, 0.25) is 0 Å². The Labute approximate surface area is 156 Å². The van der Waals surface area contributed by atoms with E-state index in [9.17, 15) is 9.59 Å². The van der Waals surface area contributed by atoms with Crippen molar-refractivity contribution in [2.45, 2.75) is 26.0 Å². The zero-order valence-electron chi connectivity index (χ0n) is 14.9. The number of aryl methyl sites for hydroxylation is 2. The van der Waals surface area contributed by atoms with Gasteiger partial charge in [-0.1, -0.05) is 25.1 Å². The van der Waals surface area contributed by atoms with Crippen molar-refractivity contribution in [3.05, 3.63) is 75.8 Å². The lowest BCUT2D eigenvalue weighted by Crippen LogP contribution is -2.16. The lowest BCUT2D eigenvalue weighted by Gasteiger charge is -2.07. The Hall–Kier alpha value is -2.60. The van der Waals surface area contributed by atoms with Crippen LogP contribution in [-0.2, 0) is 17.0 Å². The molecular formula is C20H21N3O2S. The number of nitrogens with one attached hydrogen (secondary N) is 1. The standard InChI is InChI=1S/C20H21N3O2S/c1-3-15-5-7-16(8-6-15)22-19(24)13-26-12-17-10-20(25)23-11-14(2)4-9-18(23)21-17/h4-11H,3,12-13H2,1-2H3,(H,22,24). The Kier molecular flexibility index (Phi) is 5.73. The Morgan fingerprint density at radius 2 is 1.96 bits per heavy atom. The van der Waals surface area contributed by atoms with Crippen LogP contribution < -0.4 is 10.9 Å². The van der Waals surface area contributed by atoms with Gasteiger partial charge in [-0.15, -0.1) is 11.8 Å². The number of nitrogens with zero attached hydrogens (tertiary/aromatic N) is 2. The molecule has 0 aliphatic carbocycles. The first-order chi connectivity index (χ1) is 12.5. The second-order valence-corrected chi connectivity index (χ2v) is 7.10. The fraction of sp³-hybridized carbons (Fsp3) is 0.250. The molecule has 2 heterocycles. The van der Waals surface area contributed by atoms with Gasteiger partial charge in [0.15, 0.2) is 0 Å². The molecule has 0 saturated carbocycles. The molecule has 1 N–H and O–H groups in total. The predicted molar refractivity (Wildman–Crippen MR) is 107 cm³/mol. The quantitative estimate of drug-likeness (QED) is 0.725. The van der Waals surface area contributed by atoms with Gasteiger partial charge in [-0.05, 0) is 42.7 Å². The highest BCUT2D eigenvalue weighted by Gasteiger charge is 2.06. The number of carbonyl (C=O) groups is 1. The first-order valence-corrected chi connectivity index (χ1v) is 9.66. The molecule has 0 unspecified atom stereocenters. The molecule has 1 amide bonds. The second kappa shape index (κ2) is 8.19. The molecule has 0 fully saturated rings. The lowest BCUT2D eigenvalue weighted by molar-refractivity contribution is -0.113. The molecule has 26 heavy (non-hydrogen) atoms. The molecular weight excluding hydrogens is 346 g/mol. The summed E-state index contributed by atoms with van der Waals surface area (Å²) in [6, 6.07) is 13.1.